The number of hydrogen-bond acceptors (Lipinski definition) is 5. The Morgan fingerprint density at radius 3 is 2.44 bits per heavy atom. The fraction of sp³-hybridized carbons (Fsp3) is 0.692. The minimum absolute atomic E-state index is 0.000110. The molecule has 6 unspecified atom stereocenters. The summed E-state index contributed by atoms with van der Waals surface area (Å²) in [5.74, 6) is 1.44. The summed E-state index contributed by atoms with van der Waals surface area (Å²) in [6.45, 7) is 6.19. The first-order valence-corrected chi connectivity index (χ1v) is 13.5. The first-order chi connectivity index (χ1) is 15.0. The van der Waals surface area contributed by atoms with Crippen LogP contribution in [0.25, 0.3) is 0 Å². The largest absolute Gasteiger partial charge is 0.299 e. The molecule has 7 atom stereocenters. The molecule has 4 aliphatic rings. The Kier molecular flexibility index (Phi) is 5.21. The van der Waals surface area contributed by atoms with E-state index in [1.165, 1.54) is 0 Å². The van der Waals surface area contributed by atoms with Gasteiger partial charge in [0.05, 0.1) is 11.0 Å². The van der Waals surface area contributed by atoms with E-state index in [0.29, 0.717) is 37.5 Å². The molecule has 1 aromatic rings. The van der Waals surface area contributed by atoms with E-state index < -0.39 is 15.5 Å². The third-order valence-corrected chi connectivity index (χ3v) is 11.0. The third kappa shape index (κ3) is 3.32. The summed E-state index contributed by atoms with van der Waals surface area (Å²) in [5, 5.41) is 0. The van der Waals surface area contributed by atoms with Crippen molar-refractivity contribution < 1.29 is 22.2 Å². The Labute approximate surface area is 191 Å². The van der Waals surface area contributed by atoms with Crippen molar-refractivity contribution in [1.29, 1.82) is 0 Å². The summed E-state index contributed by atoms with van der Waals surface area (Å²) in [7, 11) is -3.80. The Morgan fingerprint density at radius 2 is 1.72 bits per heavy atom. The van der Waals surface area contributed by atoms with Gasteiger partial charge >= 0.3 is 0 Å². The highest BCUT2D eigenvalue weighted by Gasteiger charge is 2.63. The predicted molar refractivity (Wildman–Crippen MR) is 120 cm³/mol. The quantitative estimate of drug-likeness (QED) is 0.605. The van der Waals surface area contributed by atoms with Gasteiger partial charge in [-0.05, 0) is 80.8 Å². The van der Waals surface area contributed by atoms with E-state index in [0.717, 1.165) is 31.2 Å². The third-order valence-electron chi connectivity index (χ3n) is 9.59. The first kappa shape index (κ1) is 22.3. The molecule has 5 rings (SSSR count). The molecule has 6 heteroatoms. The van der Waals surface area contributed by atoms with Gasteiger partial charge in [0.1, 0.15) is 11.6 Å². The smallest absolute Gasteiger partial charge is 0.297 e. The van der Waals surface area contributed by atoms with Gasteiger partial charge in [-0.15, -0.1) is 0 Å². The molecular formula is C26H34O5S. The molecule has 174 valence electrons. The minimum Gasteiger partial charge on any atom is -0.299 e. The minimum atomic E-state index is -3.80. The highest BCUT2D eigenvalue weighted by molar-refractivity contribution is 7.86. The molecule has 0 amide bonds. The predicted octanol–water partition coefficient (Wildman–Crippen LogP) is 4.86. The summed E-state index contributed by atoms with van der Waals surface area (Å²) < 4.78 is 31.3. The summed E-state index contributed by atoms with van der Waals surface area (Å²) >= 11 is 0. The lowest BCUT2D eigenvalue weighted by atomic mass is 9.45. The topological polar surface area (TPSA) is 77.5 Å². The summed E-state index contributed by atoms with van der Waals surface area (Å²) in [6, 6.07) is 6.77. The molecule has 4 fully saturated rings. The zero-order valence-corrected chi connectivity index (χ0v) is 20.1. The van der Waals surface area contributed by atoms with Crippen molar-refractivity contribution in [3.05, 3.63) is 29.8 Å². The van der Waals surface area contributed by atoms with E-state index in [1.807, 2.05) is 13.8 Å². The van der Waals surface area contributed by atoms with Crippen molar-refractivity contribution in [1.82, 2.24) is 0 Å². The first-order valence-electron chi connectivity index (χ1n) is 12.1. The van der Waals surface area contributed by atoms with E-state index in [4.69, 9.17) is 4.18 Å². The maximum Gasteiger partial charge on any atom is 0.297 e. The van der Waals surface area contributed by atoms with E-state index in [1.54, 1.807) is 24.3 Å². The van der Waals surface area contributed by atoms with Gasteiger partial charge in [-0.2, -0.15) is 8.42 Å². The van der Waals surface area contributed by atoms with E-state index in [2.05, 4.69) is 6.92 Å². The van der Waals surface area contributed by atoms with Crippen molar-refractivity contribution in [2.45, 2.75) is 83.1 Å². The lowest BCUT2D eigenvalue weighted by Crippen LogP contribution is -2.57. The average Bonchev–Trinajstić information content (AvgIpc) is 3.02. The van der Waals surface area contributed by atoms with Crippen molar-refractivity contribution in [2.24, 2.45) is 34.5 Å². The molecule has 0 spiro atoms. The SMILES string of the molecule is Cc1ccc(S(=O)(=O)OC2CCC3(C)C4C(=O)CC5(C)C(=O)CCC5C4CC[C@H]3C2)cc1. The highest BCUT2D eigenvalue weighted by Crippen LogP contribution is 2.64. The van der Waals surface area contributed by atoms with Crippen molar-refractivity contribution in [3.8, 4) is 0 Å². The van der Waals surface area contributed by atoms with E-state index in [9.17, 15) is 18.0 Å². The van der Waals surface area contributed by atoms with Gasteiger partial charge in [0.15, 0.2) is 0 Å². The molecule has 4 saturated carbocycles. The molecule has 0 heterocycles. The molecule has 0 aromatic heterocycles. The van der Waals surface area contributed by atoms with Gasteiger partial charge in [0.2, 0.25) is 0 Å². The molecule has 0 radical (unpaired) electrons. The van der Waals surface area contributed by atoms with Gasteiger partial charge in [-0.1, -0.05) is 31.5 Å². The number of aryl methyl sites for hydroxylation is 1. The number of fused-ring (bicyclic) bond motifs is 5. The Hall–Kier alpha value is -1.53. The fourth-order valence-corrected chi connectivity index (χ4v) is 8.95. The fourth-order valence-electron chi connectivity index (χ4n) is 7.84. The maximum absolute atomic E-state index is 13.4. The van der Waals surface area contributed by atoms with Crippen LogP contribution in [-0.4, -0.2) is 26.1 Å². The van der Waals surface area contributed by atoms with Crippen molar-refractivity contribution >= 4 is 21.7 Å². The highest BCUT2D eigenvalue weighted by atomic mass is 32.2. The molecule has 0 saturated heterocycles. The van der Waals surface area contributed by atoms with E-state index in [-0.39, 0.29) is 39.8 Å². The second-order valence-electron chi connectivity index (χ2n) is 11.3. The molecule has 1 aromatic carbocycles. The lowest BCUT2D eigenvalue weighted by molar-refractivity contribution is -0.161. The number of ketones is 2. The number of Topliss-reactive ketones (excluding diaryl/α,β-unsaturated/α-hetero) is 2. The van der Waals surface area contributed by atoms with Crippen LogP contribution in [0.2, 0.25) is 0 Å². The molecule has 0 aliphatic heterocycles. The normalized spacial score (nSPS) is 41.7. The van der Waals surface area contributed by atoms with Crippen molar-refractivity contribution in [3.63, 3.8) is 0 Å². The Bertz CT molecular complexity index is 1040. The molecule has 4 aliphatic carbocycles. The second kappa shape index (κ2) is 7.49. The summed E-state index contributed by atoms with van der Waals surface area (Å²) in [6.07, 6.45) is 5.66. The van der Waals surface area contributed by atoms with Crippen LogP contribution in [0.15, 0.2) is 29.2 Å². The van der Waals surface area contributed by atoms with Crippen LogP contribution >= 0.6 is 0 Å². The van der Waals surface area contributed by atoms with Gasteiger partial charge in [-0.3, -0.25) is 13.8 Å². The molecule has 0 N–H and O–H groups in total. The van der Waals surface area contributed by atoms with Gasteiger partial charge in [0.25, 0.3) is 10.1 Å². The van der Waals surface area contributed by atoms with Crippen molar-refractivity contribution in [2.75, 3.05) is 0 Å². The Balaban J connectivity index is 1.34. The van der Waals surface area contributed by atoms with Crippen LogP contribution in [0.1, 0.15) is 70.8 Å². The van der Waals surface area contributed by atoms with Gasteiger partial charge < -0.3 is 0 Å². The molecule has 5 nitrogen and oxygen atoms in total. The van der Waals surface area contributed by atoms with Crippen LogP contribution in [0.3, 0.4) is 0 Å². The van der Waals surface area contributed by atoms with Crippen LogP contribution in [0, 0.1) is 41.4 Å². The lowest BCUT2D eigenvalue weighted by Gasteiger charge is -2.59. The number of carbonyl (C=O) groups excluding carboxylic acids is 2. The van der Waals surface area contributed by atoms with Crippen LogP contribution in [0.5, 0.6) is 0 Å². The number of carbonyl (C=O) groups is 2. The zero-order valence-electron chi connectivity index (χ0n) is 19.3. The van der Waals surface area contributed by atoms with Gasteiger partial charge in [0, 0.05) is 24.2 Å². The second-order valence-corrected chi connectivity index (χ2v) is 12.9. The number of hydrogen-bond donors (Lipinski definition) is 0. The summed E-state index contributed by atoms with van der Waals surface area (Å²) in [5.41, 5.74) is 0.427. The number of rotatable bonds is 3. The van der Waals surface area contributed by atoms with Crippen LogP contribution < -0.4 is 0 Å². The van der Waals surface area contributed by atoms with Crippen LogP contribution in [-0.2, 0) is 23.9 Å². The number of benzene rings is 1. The molecule has 32 heavy (non-hydrogen) atoms. The maximum atomic E-state index is 13.4. The van der Waals surface area contributed by atoms with Gasteiger partial charge in [-0.25, -0.2) is 0 Å². The zero-order chi connectivity index (χ0) is 22.9. The average molecular weight is 459 g/mol. The molecule has 0 bridgehead atoms. The van der Waals surface area contributed by atoms with E-state index >= 15 is 0 Å². The van der Waals surface area contributed by atoms with Crippen LogP contribution in [0.4, 0.5) is 0 Å². The summed E-state index contributed by atoms with van der Waals surface area (Å²) in [4.78, 5) is 26.2. The molecular weight excluding hydrogens is 424 g/mol. The standard InChI is InChI=1S/C26H34O5S/c1-16-4-7-19(8-5-16)32(29,30)31-18-12-13-25(2)17(14-18)6-9-20-21-10-11-23(28)26(21,3)15-22(27)24(20)25/h4-5,7-8,17-18,20-21,24H,6,9-15H2,1-3H3/t17-,18?,20?,21?,24?,25?,26?/m0/s1. The Morgan fingerprint density at radius 1 is 1.00 bits per heavy atom. The monoisotopic (exact) mass is 458 g/mol.